The number of allylic oxidation sites excluding steroid dienone is 2. The molecule has 0 aliphatic heterocycles. The summed E-state index contributed by atoms with van der Waals surface area (Å²) in [6, 6.07) is 8.52. The molecule has 146 valence electrons. The average molecular weight is 390 g/mol. The molecule has 7 heteroatoms. The Kier molecular flexibility index (Phi) is 4.48. The van der Waals surface area contributed by atoms with Crippen LogP contribution in [0.3, 0.4) is 0 Å². The van der Waals surface area contributed by atoms with Crippen LogP contribution in [0.25, 0.3) is 21.8 Å². The van der Waals surface area contributed by atoms with Crippen LogP contribution in [-0.2, 0) is 6.54 Å². The third-order valence-electron chi connectivity index (χ3n) is 4.88. The fourth-order valence-corrected chi connectivity index (χ4v) is 3.51. The minimum atomic E-state index is -0.279. The number of nitrogens with zero attached hydrogens (tertiary/aromatic N) is 3. The molecule has 1 unspecified atom stereocenters. The Morgan fingerprint density at radius 3 is 2.97 bits per heavy atom. The van der Waals surface area contributed by atoms with Crippen molar-refractivity contribution in [3.05, 3.63) is 73.1 Å². The van der Waals surface area contributed by atoms with Gasteiger partial charge >= 0.3 is 0 Å². The molecule has 0 bridgehead atoms. The molecule has 2 aromatic carbocycles. The topological polar surface area (TPSA) is 65.0 Å². The number of ether oxygens (including phenoxy) is 2. The summed E-state index contributed by atoms with van der Waals surface area (Å²) in [6.07, 6.45) is 12.0. The molecule has 0 fully saturated rings. The lowest BCUT2D eigenvalue weighted by atomic mass is 10.1. The number of benzene rings is 2. The third-order valence-corrected chi connectivity index (χ3v) is 4.88. The number of halogens is 1. The number of hydrogen-bond donors (Lipinski definition) is 1. The SMILES string of the molecule is Fc1ccc2[nH]c3c(OCCn4cncn4)cc(OC4C=CC=CC4)cc3c2c1. The zero-order chi connectivity index (χ0) is 19.6. The molecule has 1 N–H and O–H groups in total. The van der Waals surface area contributed by atoms with Gasteiger partial charge in [0, 0.05) is 28.8 Å². The van der Waals surface area contributed by atoms with E-state index in [4.69, 9.17) is 9.47 Å². The van der Waals surface area contributed by atoms with E-state index in [1.165, 1.54) is 18.5 Å². The molecule has 0 spiro atoms. The van der Waals surface area contributed by atoms with E-state index in [1.807, 2.05) is 30.4 Å². The molecular weight excluding hydrogens is 371 g/mol. The van der Waals surface area contributed by atoms with Crippen LogP contribution in [0.5, 0.6) is 11.5 Å². The van der Waals surface area contributed by atoms with Gasteiger partial charge in [0.15, 0.2) is 0 Å². The Morgan fingerprint density at radius 2 is 2.14 bits per heavy atom. The van der Waals surface area contributed by atoms with Crippen LogP contribution in [0.2, 0.25) is 0 Å². The lowest BCUT2D eigenvalue weighted by Crippen LogP contribution is -2.14. The Morgan fingerprint density at radius 1 is 1.17 bits per heavy atom. The second-order valence-electron chi connectivity index (χ2n) is 6.87. The zero-order valence-corrected chi connectivity index (χ0v) is 15.6. The predicted molar refractivity (Wildman–Crippen MR) is 109 cm³/mol. The maximum atomic E-state index is 13.9. The lowest BCUT2D eigenvalue weighted by Gasteiger charge is -2.17. The molecule has 2 aromatic heterocycles. The second-order valence-corrected chi connectivity index (χ2v) is 6.87. The van der Waals surface area contributed by atoms with Crippen LogP contribution >= 0.6 is 0 Å². The minimum Gasteiger partial charge on any atom is -0.489 e. The highest BCUT2D eigenvalue weighted by Gasteiger charge is 2.15. The van der Waals surface area contributed by atoms with Crippen molar-refractivity contribution < 1.29 is 13.9 Å². The molecule has 1 aliphatic carbocycles. The molecule has 0 saturated carbocycles. The largest absolute Gasteiger partial charge is 0.489 e. The fourth-order valence-electron chi connectivity index (χ4n) is 3.51. The summed E-state index contributed by atoms with van der Waals surface area (Å²) < 4.78 is 27.8. The van der Waals surface area contributed by atoms with Gasteiger partial charge in [-0.05, 0) is 30.3 Å². The third kappa shape index (κ3) is 3.59. The van der Waals surface area contributed by atoms with Gasteiger partial charge in [0.2, 0.25) is 0 Å². The van der Waals surface area contributed by atoms with E-state index in [1.54, 1.807) is 17.1 Å². The van der Waals surface area contributed by atoms with Crippen molar-refractivity contribution in [2.45, 2.75) is 19.1 Å². The summed E-state index contributed by atoms with van der Waals surface area (Å²) in [5.74, 6) is 1.06. The molecule has 29 heavy (non-hydrogen) atoms. The highest BCUT2D eigenvalue weighted by Crippen LogP contribution is 2.36. The van der Waals surface area contributed by atoms with E-state index in [-0.39, 0.29) is 11.9 Å². The highest BCUT2D eigenvalue weighted by atomic mass is 19.1. The summed E-state index contributed by atoms with van der Waals surface area (Å²) in [5.41, 5.74) is 1.66. The minimum absolute atomic E-state index is 0.0395. The van der Waals surface area contributed by atoms with E-state index < -0.39 is 0 Å². The van der Waals surface area contributed by atoms with E-state index in [0.717, 1.165) is 28.2 Å². The van der Waals surface area contributed by atoms with Crippen molar-refractivity contribution >= 4 is 21.8 Å². The van der Waals surface area contributed by atoms with Gasteiger partial charge in [0.1, 0.15) is 42.7 Å². The van der Waals surface area contributed by atoms with Gasteiger partial charge in [-0.15, -0.1) is 0 Å². The summed E-state index contributed by atoms with van der Waals surface area (Å²) in [5, 5.41) is 5.75. The first-order valence-electron chi connectivity index (χ1n) is 9.46. The Balaban J connectivity index is 1.51. The summed E-state index contributed by atoms with van der Waals surface area (Å²) in [4.78, 5) is 7.28. The van der Waals surface area contributed by atoms with E-state index in [0.29, 0.717) is 24.7 Å². The molecule has 1 aliphatic rings. The van der Waals surface area contributed by atoms with Gasteiger partial charge in [-0.2, -0.15) is 5.10 Å². The first-order chi connectivity index (χ1) is 14.3. The second kappa shape index (κ2) is 7.43. The van der Waals surface area contributed by atoms with Crippen molar-refractivity contribution in [1.82, 2.24) is 19.7 Å². The van der Waals surface area contributed by atoms with Crippen LogP contribution in [0, 0.1) is 5.82 Å². The molecule has 5 rings (SSSR count). The number of aromatic nitrogens is 4. The van der Waals surface area contributed by atoms with Crippen LogP contribution in [-0.4, -0.2) is 32.5 Å². The highest BCUT2D eigenvalue weighted by molar-refractivity contribution is 6.09. The Labute approximate surface area is 166 Å². The first kappa shape index (κ1) is 17.5. The van der Waals surface area contributed by atoms with Crippen LogP contribution in [0.4, 0.5) is 4.39 Å². The number of fused-ring (bicyclic) bond motifs is 3. The van der Waals surface area contributed by atoms with Crippen molar-refractivity contribution in [2.24, 2.45) is 0 Å². The maximum absolute atomic E-state index is 13.9. The molecule has 0 amide bonds. The lowest BCUT2D eigenvalue weighted by molar-refractivity contribution is 0.248. The van der Waals surface area contributed by atoms with Crippen molar-refractivity contribution in [3.8, 4) is 11.5 Å². The monoisotopic (exact) mass is 390 g/mol. The Hall–Kier alpha value is -3.61. The first-order valence-corrected chi connectivity index (χ1v) is 9.46. The van der Waals surface area contributed by atoms with Crippen LogP contribution in [0.15, 0.2) is 67.3 Å². The number of nitrogens with one attached hydrogen (secondary N) is 1. The van der Waals surface area contributed by atoms with Gasteiger partial charge in [-0.1, -0.05) is 18.2 Å². The molecule has 4 aromatic rings. The van der Waals surface area contributed by atoms with Crippen LogP contribution in [0.1, 0.15) is 6.42 Å². The van der Waals surface area contributed by atoms with E-state index in [2.05, 4.69) is 21.1 Å². The van der Waals surface area contributed by atoms with Crippen molar-refractivity contribution in [1.29, 1.82) is 0 Å². The summed E-state index contributed by atoms with van der Waals surface area (Å²) in [7, 11) is 0. The number of aromatic amines is 1. The standard InChI is InChI=1S/C22H19FN4O2/c23-15-6-7-20-18(10-15)19-11-17(29-16-4-2-1-3-5-16)12-21(22(19)26-20)28-9-8-27-14-24-13-25-27/h1-4,6-7,10-14,16,26H,5,8-9H2. The summed E-state index contributed by atoms with van der Waals surface area (Å²) >= 11 is 0. The maximum Gasteiger partial charge on any atom is 0.147 e. The zero-order valence-electron chi connectivity index (χ0n) is 15.6. The number of hydrogen-bond acceptors (Lipinski definition) is 4. The van der Waals surface area contributed by atoms with Gasteiger partial charge in [-0.25, -0.2) is 14.1 Å². The molecule has 0 saturated heterocycles. The van der Waals surface area contributed by atoms with Gasteiger partial charge < -0.3 is 14.5 Å². The van der Waals surface area contributed by atoms with Gasteiger partial charge in [0.05, 0.1) is 12.1 Å². The number of H-pyrrole nitrogens is 1. The van der Waals surface area contributed by atoms with Crippen molar-refractivity contribution in [2.75, 3.05) is 6.61 Å². The molecule has 6 nitrogen and oxygen atoms in total. The predicted octanol–water partition coefficient (Wildman–Crippen LogP) is 4.39. The summed E-state index contributed by atoms with van der Waals surface area (Å²) in [6.45, 7) is 0.981. The van der Waals surface area contributed by atoms with E-state index >= 15 is 0 Å². The molecule has 0 radical (unpaired) electrons. The fraction of sp³-hybridized carbons (Fsp3) is 0.182. The average Bonchev–Trinajstić information content (AvgIpc) is 3.37. The quantitative estimate of drug-likeness (QED) is 0.530. The smallest absolute Gasteiger partial charge is 0.147 e. The molecule has 1 atom stereocenters. The Bertz CT molecular complexity index is 1210. The van der Waals surface area contributed by atoms with Gasteiger partial charge in [0.25, 0.3) is 0 Å². The van der Waals surface area contributed by atoms with Crippen molar-refractivity contribution in [3.63, 3.8) is 0 Å². The van der Waals surface area contributed by atoms with Crippen LogP contribution < -0.4 is 9.47 Å². The molecule has 2 heterocycles. The van der Waals surface area contributed by atoms with E-state index in [9.17, 15) is 4.39 Å². The molecular formula is C22H19FN4O2. The normalized spacial score (nSPS) is 16.0. The number of rotatable bonds is 6. The van der Waals surface area contributed by atoms with Gasteiger partial charge in [-0.3, -0.25) is 0 Å².